The molecule has 0 bridgehead atoms. The summed E-state index contributed by atoms with van der Waals surface area (Å²) in [7, 11) is 1.63. The topological polar surface area (TPSA) is 83.5 Å². The highest BCUT2D eigenvalue weighted by molar-refractivity contribution is 9.10. The Hall–Kier alpha value is -4.28. The average Bonchev–Trinajstić information content (AvgIpc) is 3.71. The van der Waals surface area contributed by atoms with Crippen molar-refractivity contribution in [3.63, 3.8) is 0 Å². The molecule has 42 heavy (non-hydrogen) atoms. The van der Waals surface area contributed by atoms with Gasteiger partial charge in [0, 0.05) is 22.9 Å². The van der Waals surface area contributed by atoms with E-state index in [1.807, 2.05) is 89.8 Å². The minimum Gasteiger partial charge on any atom is -0.496 e. The number of unbranched alkanes of at least 4 members (excludes halogenated alkanes) is 2. The van der Waals surface area contributed by atoms with Gasteiger partial charge < -0.3 is 9.47 Å². The predicted molar refractivity (Wildman–Crippen MR) is 170 cm³/mol. The number of rotatable bonds is 10. The molecule has 0 aliphatic heterocycles. The van der Waals surface area contributed by atoms with Crippen LogP contribution in [0.5, 0.6) is 11.5 Å². The summed E-state index contributed by atoms with van der Waals surface area (Å²) >= 11 is 4.88. The molecule has 8 nitrogen and oxygen atoms in total. The first-order valence-corrected chi connectivity index (χ1v) is 15.3. The zero-order valence-corrected chi connectivity index (χ0v) is 25.6. The first kappa shape index (κ1) is 27.9. The Morgan fingerprint density at radius 3 is 2.48 bits per heavy atom. The molecule has 0 atom stereocenters. The number of para-hydroxylation sites is 1. The zero-order valence-electron chi connectivity index (χ0n) is 23.2. The molecule has 0 aliphatic rings. The van der Waals surface area contributed by atoms with E-state index in [2.05, 4.69) is 32.9 Å². The maximum atomic E-state index is 13.4. The van der Waals surface area contributed by atoms with Crippen molar-refractivity contribution in [2.75, 3.05) is 13.7 Å². The quantitative estimate of drug-likeness (QED) is 0.158. The lowest BCUT2D eigenvalue weighted by molar-refractivity contribution is 0.306. The van der Waals surface area contributed by atoms with Crippen molar-refractivity contribution in [3.05, 3.63) is 104 Å². The van der Waals surface area contributed by atoms with Gasteiger partial charge in [0.15, 0.2) is 5.82 Å². The van der Waals surface area contributed by atoms with Crippen molar-refractivity contribution < 1.29 is 9.47 Å². The molecule has 3 aromatic carbocycles. The molecule has 0 saturated carbocycles. The lowest BCUT2D eigenvalue weighted by Gasteiger charge is -2.05. The van der Waals surface area contributed by atoms with Crippen molar-refractivity contribution in [1.29, 1.82) is 0 Å². The molecule has 0 saturated heterocycles. The van der Waals surface area contributed by atoms with Gasteiger partial charge in [-0.3, -0.25) is 4.79 Å². The summed E-state index contributed by atoms with van der Waals surface area (Å²) in [5.41, 5.74) is 3.94. The van der Waals surface area contributed by atoms with Gasteiger partial charge in [-0.15, -0.1) is 5.10 Å². The summed E-state index contributed by atoms with van der Waals surface area (Å²) < 4.78 is 15.7. The average molecular weight is 643 g/mol. The second kappa shape index (κ2) is 12.3. The molecule has 0 spiro atoms. The SMILES string of the molecule is CCCCCOc1ccc(-c2nc3s/c(=C\c4cn(-c5ccccc5)nc4-c4ccc(OC)c(Br)c4)c(=O)n3n2)cc1. The lowest BCUT2D eigenvalue weighted by Crippen LogP contribution is -2.23. The smallest absolute Gasteiger partial charge is 0.291 e. The first-order valence-electron chi connectivity index (χ1n) is 13.7. The van der Waals surface area contributed by atoms with E-state index in [1.54, 1.807) is 7.11 Å². The van der Waals surface area contributed by atoms with E-state index < -0.39 is 0 Å². The third-order valence-electron chi connectivity index (χ3n) is 6.79. The molecule has 212 valence electrons. The Morgan fingerprint density at radius 1 is 0.976 bits per heavy atom. The van der Waals surface area contributed by atoms with Crippen molar-refractivity contribution >= 4 is 38.3 Å². The van der Waals surface area contributed by atoms with E-state index in [-0.39, 0.29) is 5.56 Å². The maximum Gasteiger partial charge on any atom is 0.291 e. The Balaban J connectivity index is 1.35. The van der Waals surface area contributed by atoms with Crippen molar-refractivity contribution in [3.8, 4) is 39.8 Å². The molecule has 0 aliphatic carbocycles. The van der Waals surface area contributed by atoms with Crippen LogP contribution in [0.15, 0.2) is 88.3 Å². The highest BCUT2D eigenvalue weighted by Gasteiger charge is 2.16. The number of thiazole rings is 1. The van der Waals surface area contributed by atoms with Crippen LogP contribution in [0.3, 0.4) is 0 Å². The number of aromatic nitrogens is 5. The highest BCUT2D eigenvalue weighted by Crippen LogP contribution is 2.32. The summed E-state index contributed by atoms with van der Waals surface area (Å²) in [6.45, 7) is 2.87. The van der Waals surface area contributed by atoms with Crippen molar-refractivity contribution in [2.45, 2.75) is 26.2 Å². The molecule has 3 heterocycles. The highest BCUT2D eigenvalue weighted by atomic mass is 79.9. The molecule has 10 heteroatoms. The number of fused-ring (bicyclic) bond motifs is 1. The van der Waals surface area contributed by atoms with E-state index in [9.17, 15) is 4.79 Å². The van der Waals surface area contributed by atoms with Crippen molar-refractivity contribution in [2.24, 2.45) is 0 Å². The largest absolute Gasteiger partial charge is 0.496 e. The lowest BCUT2D eigenvalue weighted by atomic mass is 10.1. The van der Waals surface area contributed by atoms with E-state index in [0.717, 1.165) is 63.3 Å². The maximum absolute atomic E-state index is 13.4. The predicted octanol–water partition coefficient (Wildman–Crippen LogP) is 6.56. The van der Waals surface area contributed by atoms with Gasteiger partial charge in [-0.05, 0) is 83.0 Å². The van der Waals surface area contributed by atoms with E-state index in [0.29, 0.717) is 21.9 Å². The molecular weight excluding hydrogens is 614 g/mol. The third kappa shape index (κ3) is 5.73. The number of hydrogen-bond acceptors (Lipinski definition) is 7. The van der Waals surface area contributed by atoms with Crippen molar-refractivity contribution in [1.82, 2.24) is 24.4 Å². The van der Waals surface area contributed by atoms with Gasteiger partial charge in [-0.2, -0.15) is 14.6 Å². The fourth-order valence-corrected chi connectivity index (χ4v) is 6.02. The number of hydrogen-bond donors (Lipinski definition) is 0. The molecule has 6 aromatic rings. The minimum absolute atomic E-state index is 0.223. The van der Waals surface area contributed by atoms with E-state index >= 15 is 0 Å². The van der Waals surface area contributed by atoms with Gasteiger partial charge in [-0.1, -0.05) is 49.3 Å². The normalized spacial score (nSPS) is 11.8. The second-order valence-electron chi connectivity index (χ2n) is 9.69. The number of ether oxygens (including phenoxy) is 2. The van der Waals surface area contributed by atoms with Gasteiger partial charge in [0.1, 0.15) is 17.2 Å². The Labute approximate surface area is 255 Å². The molecule has 0 N–H and O–H groups in total. The Morgan fingerprint density at radius 2 is 1.76 bits per heavy atom. The van der Waals surface area contributed by atoms with Gasteiger partial charge in [0.25, 0.3) is 5.56 Å². The molecule has 0 amide bonds. The minimum atomic E-state index is -0.223. The Bertz CT molecular complexity index is 1950. The van der Waals surface area contributed by atoms with Crippen LogP contribution >= 0.6 is 27.3 Å². The van der Waals surface area contributed by atoms with E-state index in [4.69, 9.17) is 14.6 Å². The summed E-state index contributed by atoms with van der Waals surface area (Å²) in [5.74, 6) is 2.04. The molecule has 3 aromatic heterocycles. The zero-order chi connectivity index (χ0) is 29.1. The van der Waals surface area contributed by atoms with Gasteiger partial charge in [-0.25, -0.2) is 4.68 Å². The van der Waals surface area contributed by atoms with Gasteiger partial charge >= 0.3 is 0 Å². The first-order chi connectivity index (χ1) is 20.5. The van der Waals surface area contributed by atoms with Crippen LogP contribution in [-0.4, -0.2) is 38.1 Å². The standard InChI is InChI=1S/C32H28BrN5O3S/c1-3-4-8-17-41-25-14-11-21(12-15-25)30-34-32-38(36-30)31(39)28(42-32)19-23-20-37(24-9-6-5-7-10-24)35-29(23)22-13-16-27(40-2)26(33)18-22/h5-7,9-16,18-20H,3-4,8,17H2,1-2H3/b28-19-. The summed E-state index contributed by atoms with van der Waals surface area (Å²) in [5, 5.41) is 9.41. The second-order valence-corrected chi connectivity index (χ2v) is 11.6. The third-order valence-corrected chi connectivity index (χ3v) is 8.36. The molecule has 0 fully saturated rings. The number of methoxy groups -OCH3 is 1. The van der Waals surface area contributed by atoms with Crippen LogP contribution in [0.4, 0.5) is 0 Å². The van der Waals surface area contributed by atoms with Crippen LogP contribution in [-0.2, 0) is 0 Å². The number of benzene rings is 3. The molecular formula is C32H28BrN5O3S. The summed E-state index contributed by atoms with van der Waals surface area (Å²) in [4.78, 5) is 18.6. The van der Waals surface area contributed by atoms with Crippen LogP contribution in [0, 0.1) is 0 Å². The molecule has 0 radical (unpaired) electrons. The summed E-state index contributed by atoms with van der Waals surface area (Å²) in [6.07, 6.45) is 7.13. The molecule has 6 rings (SSSR count). The van der Waals surface area contributed by atoms with Crippen LogP contribution < -0.4 is 19.6 Å². The van der Waals surface area contributed by atoms with Crippen LogP contribution in [0.25, 0.3) is 39.4 Å². The monoisotopic (exact) mass is 641 g/mol. The molecule has 0 unspecified atom stereocenters. The summed E-state index contributed by atoms with van der Waals surface area (Å²) in [6, 6.07) is 23.3. The van der Waals surface area contributed by atoms with Gasteiger partial charge in [0.2, 0.25) is 4.96 Å². The van der Waals surface area contributed by atoms with Gasteiger partial charge in [0.05, 0.1) is 28.4 Å². The van der Waals surface area contributed by atoms with Crippen LogP contribution in [0.1, 0.15) is 31.7 Å². The van der Waals surface area contributed by atoms with E-state index in [1.165, 1.54) is 15.9 Å². The van der Waals surface area contributed by atoms with Crippen LogP contribution in [0.2, 0.25) is 0 Å². The number of nitrogens with zero attached hydrogens (tertiary/aromatic N) is 5. The Kier molecular flexibility index (Phi) is 8.16. The number of halogens is 1. The fraction of sp³-hybridized carbons (Fsp3) is 0.188. The fourth-order valence-electron chi connectivity index (χ4n) is 4.58.